The van der Waals surface area contributed by atoms with Gasteiger partial charge in [0.1, 0.15) is 6.33 Å². The molecule has 9 nitrogen and oxygen atoms in total. The van der Waals surface area contributed by atoms with E-state index in [0.29, 0.717) is 12.2 Å². The van der Waals surface area contributed by atoms with Crippen LogP contribution in [0.2, 0.25) is 0 Å². The highest BCUT2D eigenvalue weighted by atomic mass is 32.2. The van der Waals surface area contributed by atoms with Gasteiger partial charge < -0.3 is 4.90 Å². The van der Waals surface area contributed by atoms with Crippen molar-refractivity contribution in [2.24, 2.45) is 0 Å². The summed E-state index contributed by atoms with van der Waals surface area (Å²) >= 11 is 0. The predicted octanol–water partition coefficient (Wildman–Crippen LogP) is 1.46. The molecule has 1 aromatic heterocycles. The highest BCUT2D eigenvalue weighted by molar-refractivity contribution is 7.89. The Kier molecular flexibility index (Phi) is 6.59. The van der Waals surface area contributed by atoms with E-state index in [-0.39, 0.29) is 4.90 Å². The van der Waals surface area contributed by atoms with E-state index in [1.807, 2.05) is 0 Å². The van der Waals surface area contributed by atoms with Crippen LogP contribution in [-0.2, 0) is 10.0 Å². The first-order chi connectivity index (χ1) is 15.0. The van der Waals surface area contributed by atoms with Gasteiger partial charge in [-0.3, -0.25) is 4.90 Å². The van der Waals surface area contributed by atoms with E-state index < -0.39 is 10.0 Å². The summed E-state index contributed by atoms with van der Waals surface area (Å²) in [7, 11) is -3.58. The molecule has 4 rings (SSSR count). The molecule has 0 spiro atoms. The number of aryl methyl sites for hydroxylation is 1. The summed E-state index contributed by atoms with van der Waals surface area (Å²) in [6.45, 7) is 7.31. The fraction of sp³-hybridized carbons (Fsp3) is 0.381. The molecule has 0 radical (unpaired) electrons. The largest absolute Gasteiger partial charge is 0.369 e. The monoisotopic (exact) mass is 441 g/mol. The van der Waals surface area contributed by atoms with Crippen LogP contribution >= 0.6 is 0 Å². The molecule has 0 unspecified atom stereocenters. The second-order valence-electron chi connectivity index (χ2n) is 7.67. The van der Waals surface area contributed by atoms with Crippen molar-refractivity contribution < 1.29 is 8.42 Å². The number of tetrazole rings is 1. The van der Waals surface area contributed by atoms with Crippen LogP contribution in [0.25, 0.3) is 5.69 Å². The molecule has 31 heavy (non-hydrogen) atoms. The van der Waals surface area contributed by atoms with Gasteiger partial charge in [0.25, 0.3) is 0 Å². The minimum atomic E-state index is -3.58. The second kappa shape index (κ2) is 9.54. The molecule has 0 bridgehead atoms. The number of hydrogen-bond acceptors (Lipinski definition) is 7. The molecule has 1 fully saturated rings. The van der Waals surface area contributed by atoms with Crippen LogP contribution in [0, 0.1) is 6.92 Å². The van der Waals surface area contributed by atoms with Gasteiger partial charge in [-0.05, 0) is 66.2 Å². The normalized spacial score (nSPS) is 15.3. The summed E-state index contributed by atoms with van der Waals surface area (Å²) < 4.78 is 29.4. The van der Waals surface area contributed by atoms with E-state index in [4.69, 9.17) is 0 Å². The lowest BCUT2D eigenvalue weighted by atomic mass is 10.2. The molecule has 2 heterocycles. The zero-order chi connectivity index (χ0) is 21.7. The van der Waals surface area contributed by atoms with Gasteiger partial charge in [-0.1, -0.05) is 18.2 Å². The van der Waals surface area contributed by atoms with Gasteiger partial charge in [0.2, 0.25) is 10.0 Å². The van der Waals surface area contributed by atoms with Gasteiger partial charge in [-0.25, -0.2) is 17.8 Å². The maximum Gasteiger partial charge on any atom is 0.240 e. The Morgan fingerprint density at radius 3 is 2.52 bits per heavy atom. The standard InChI is InChI=1S/C21H27N7O2S/c1-18-5-2-6-19(15-18)27-13-11-26(12-14-27)10-4-9-23-31(29,30)21-8-3-7-20(16-21)28-17-22-24-25-28/h2-3,5-8,15-17,23H,4,9-14H2,1H3. The molecule has 0 amide bonds. The van der Waals surface area contributed by atoms with Crippen LogP contribution in [0.1, 0.15) is 12.0 Å². The summed E-state index contributed by atoms with van der Waals surface area (Å²) in [4.78, 5) is 5.00. The van der Waals surface area contributed by atoms with Crippen LogP contribution < -0.4 is 9.62 Å². The first-order valence-corrected chi connectivity index (χ1v) is 11.9. The number of rotatable bonds is 8. The van der Waals surface area contributed by atoms with Crippen LogP contribution in [-0.4, -0.2) is 72.8 Å². The Morgan fingerprint density at radius 2 is 1.77 bits per heavy atom. The first kappa shape index (κ1) is 21.4. The molecular formula is C21H27N7O2S. The number of piperazine rings is 1. The minimum Gasteiger partial charge on any atom is -0.369 e. The van der Waals surface area contributed by atoms with E-state index in [1.54, 1.807) is 24.3 Å². The summed E-state index contributed by atoms with van der Waals surface area (Å²) in [6.07, 6.45) is 2.19. The molecule has 1 aliphatic rings. The van der Waals surface area contributed by atoms with Crippen LogP contribution in [0.3, 0.4) is 0 Å². The Hall–Kier alpha value is -2.82. The van der Waals surface area contributed by atoms with Gasteiger partial charge in [0.15, 0.2) is 0 Å². The molecule has 0 saturated carbocycles. The fourth-order valence-corrected chi connectivity index (χ4v) is 4.83. The fourth-order valence-electron chi connectivity index (χ4n) is 3.72. The maximum absolute atomic E-state index is 12.6. The van der Waals surface area contributed by atoms with Crippen molar-refractivity contribution in [3.63, 3.8) is 0 Å². The molecule has 0 aliphatic carbocycles. The molecule has 1 N–H and O–H groups in total. The molecule has 10 heteroatoms. The second-order valence-corrected chi connectivity index (χ2v) is 9.44. The number of aromatic nitrogens is 4. The maximum atomic E-state index is 12.6. The zero-order valence-electron chi connectivity index (χ0n) is 17.6. The number of nitrogens with zero attached hydrogens (tertiary/aromatic N) is 6. The van der Waals surface area contributed by atoms with Gasteiger partial charge in [0, 0.05) is 38.4 Å². The van der Waals surface area contributed by atoms with E-state index in [0.717, 1.165) is 39.1 Å². The van der Waals surface area contributed by atoms with Crippen LogP contribution in [0.5, 0.6) is 0 Å². The highest BCUT2D eigenvalue weighted by Crippen LogP contribution is 2.18. The average Bonchev–Trinajstić information content (AvgIpc) is 3.32. The highest BCUT2D eigenvalue weighted by Gasteiger charge is 2.18. The Bertz CT molecular complexity index is 1090. The third-order valence-corrected chi connectivity index (χ3v) is 6.88. The Labute approximate surface area is 182 Å². The average molecular weight is 442 g/mol. The van der Waals surface area contributed by atoms with E-state index in [2.05, 4.69) is 61.2 Å². The Balaban J connectivity index is 1.23. The SMILES string of the molecule is Cc1cccc(N2CCN(CCCNS(=O)(=O)c3cccc(-n4cnnn4)c3)CC2)c1. The van der Waals surface area contributed by atoms with Gasteiger partial charge >= 0.3 is 0 Å². The van der Waals surface area contributed by atoms with E-state index in [9.17, 15) is 8.42 Å². The molecule has 0 atom stereocenters. The minimum absolute atomic E-state index is 0.201. The van der Waals surface area contributed by atoms with Crippen molar-refractivity contribution >= 4 is 15.7 Å². The zero-order valence-corrected chi connectivity index (χ0v) is 18.4. The van der Waals surface area contributed by atoms with Crippen molar-refractivity contribution in [3.05, 3.63) is 60.4 Å². The number of sulfonamides is 1. The smallest absolute Gasteiger partial charge is 0.240 e. The quantitative estimate of drug-likeness (QED) is 0.529. The number of benzene rings is 2. The summed E-state index contributed by atoms with van der Waals surface area (Å²) in [5.74, 6) is 0. The van der Waals surface area contributed by atoms with E-state index in [1.165, 1.54) is 22.3 Å². The first-order valence-electron chi connectivity index (χ1n) is 10.4. The molecule has 2 aromatic carbocycles. The van der Waals surface area contributed by atoms with Crippen molar-refractivity contribution in [3.8, 4) is 5.69 Å². The van der Waals surface area contributed by atoms with Crippen molar-refractivity contribution in [2.75, 3.05) is 44.2 Å². The van der Waals surface area contributed by atoms with Crippen molar-refractivity contribution in [1.82, 2.24) is 29.8 Å². The Morgan fingerprint density at radius 1 is 1.00 bits per heavy atom. The number of anilines is 1. The third-order valence-electron chi connectivity index (χ3n) is 5.42. The van der Waals surface area contributed by atoms with E-state index >= 15 is 0 Å². The molecular weight excluding hydrogens is 414 g/mol. The summed E-state index contributed by atoms with van der Waals surface area (Å²) in [5, 5.41) is 11.0. The topological polar surface area (TPSA) is 96.2 Å². The number of hydrogen-bond donors (Lipinski definition) is 1. The lowest BCUT2D eigenvalue weighted by molar-refractivity contribution is 0.255. The van der Waals surface area contributed by atoms with Gasteiger partial charge in [0.05, 0.1) is 10.6 Å². The van der Waals surface area contributed by atoms with Crippen LogP contribution in [0.15, 0.2) is 59.8 Å². The van der Waals surface area contributed by atoms with Crippen LogP contribution in [0.4, 0.5) is 5.69 Å². The van der Waals surface area contributed by atoms with Crippen molar-refractivity contribution in [2.45, 2.75) is 18.2 Å². The molecule has 1 aliphatic heterocycles. The lowest BCUT2D eigenvalue weighted by Crippen LogP contribution is -2.47. The summed E-state index contributed by atoms with van der Waals surface area (Å²) in [6, 6.07) is 15.2. The third kappa shape index (κ3) is 5.46. The molecule has 164 valence electrons. The summed E-state index contributed by atoms with van der Waals surface area (Å²) in [5.41, 5.74) is 3.14. The van der Waals surface area contributed by atoms with Crippen molar-refractivity contribution in [1.29, 1.82) is 0 Å². The van der Waals surface area contributed by atoms with Gasteiger partial charge in [-0.2, -0.15) is 0 Å². The predicted molar refractivity (Wildman–Crippen MR) is 119 cm³/mol. The van der Waals surface area contributed by atoms with Gasteiger partial charge in [-0.15, -0.1) is 5.10 Å². The molecule has 3 aromatic rings. The lowest BCUT2D eigenvalue weighted by Gasteiger charge is -2.36. The molecule has 1 saturated heterocycles. The number of nitrogens with one attached hydrogen (secondary N) is 1.